The third kappa shape index (κ3) is 4.39. The largest absolute Gasteiger partial charge is 0.449 e. The van der Waals surface area contributed by atoms with Gasteiger partial charge in [-0.05, 0) is 59.7 Å². The van der Waals surface area contributed by atoms with E-state index in [2.05, 4.69) is 60.2 Å². The molecule has 0 amide bonds. The molecule has 0 atom stereocenters. The molecular weight excluding hydrogens is 397 g/mol. The Hall–Kier alpha value is -2.61. The Morgan fingerprint density at radius 1 is 1.03 bits per heavy atom. The third-order valence-electron chi connectivity index (χ3n) is 6.30. The van der Waals surface area contributed by atoms with E-state index < -0.39 is 11.6 Å². The van der Waals surface area contributed by atoms with E-state index in [-0.39, 0.29) is 22.9 Å². The van der Waals surface area contributed by atoms with Crippen LogP contribution in [0.1, 0.15) is 54.4 Å². The lowest BCUT2D eigenvalue weighted by atomic mass is 9.77. The zero-order chi connectivity index (χ0) is 22.6. The fourth-order valence-electron chi connectivity index (χ4n) is 4.62. The van der Waals surface area contributed by atoms with Gasteiger partial charge in [-0.3, -0.25) is 4.90 Å². The Morgan fingerprint density at radius 3 is 2.35 bits per heavy atom. The second-order valence-corrected chi connectivity index (χ2v) is 10.2. The number of piperidine rings is 1. The Balaban J connectivity index is 1.51. The summed E-state index contributed by atoms with van der Waals surface area (Å²) in [6.07, 6.45) is 2.97. The van der Waals surface area contributed by atoms with Gasteiger partial charge in [0.05, 0.1) is 6.20 Å². The van der Waals surface area contributed by atoms with Crippen LogP contribution in [0.5, 0.6) is 11.5 Å². The molecule has 8 heteroatoms. The number of anilines is 3. The molecule has 2 aromatic rings. The maximum absolute atomic E-state index is 14.5. The van der Waals surface area contributed by atoms with Crippen LogP contribution < -0.4 is 20.1 Å². The molecular formula is C23H32FN5O2. The topological polar surface area (TPSA) is 71.5 Å². The van der Waals surface area contributed by atoms with Gasteiger partial charge in [-0.25, -0.2) is 9.37 Å². The number of nitrogens with zero attached hydrogens (tertiary/aromatic N) is 3. The van der Waals surface area contributed by atoms with Gasteiger partial charge in [0.1, 0.15) is 0 Å². The molecule has 0 aliphatic carbocycles. The van der Waals surface area contributed by atoms with Gasteiger partial charge in [0.25, 0.3) is 0 Å². The van der Waals surface area contributed by atoms with Crippen LogP contribution in [-0.2, 0) is 0 Å². The summed E-state index contributed by atoms with van der Waals surface area (Å²) in [7, 11) is 2.15. The van der Waals surface area contributed by atoms with Gasteiger partial charge in [-0.2, -0.15) is 4.98 Å². The Labute approximate surface area is 183 Å². The van der Waals surface area contributed by atoms with Crippen molar-refractivity contribution in [1.82, 2.24) is 14.9 Å². The quantitative estimate of drug-likeness (QED) is 0.714. The lowest BCUT2D eigenvalue weighted by Crippen LogP contribution is -2.61. The number of ether oxygens (including phenoxy) is 2. The molecule has 3 heterocycles. The molecule has 1 aromatic heterocycles. The number of nitrogens with one attached hydrogen (secondary N) is 2. The molecule has 1 saturated heterocycles. The molecule has 2 aliphatic heterocycles. The molecule has 4 rings (SSSR count). The number of hydrogen-bond donors (Lipinski definition) is 2. The van der Waals surface area contributed by atoms with Crippen LogP contribution in [0.3, 0.4) is 0 Å². The van der Waals surface area contributed by atoms with Gasteiger partial charge in [0.15, 0.2) is 23.1 Å². The first-order chi connectivity index (χ1) is 14.3. The fourth-order valence-corrected chi connectivity index (χ4v) is 4.62. The zero-order valence-electron chi connectivity index (χ0n) is 19.3. The predicted octanol–water partition coefficient (Wildman–Crippen LogP) is 4.93. The zero-order valence-corrected chi connectivity index (χ0v) is 19.3. The number of hydrogen-bond acceptors (Lipinski definition) is 7. The lowest BCUT2D eigenvalue weighted by molar-refractivity contribution is -0.0431. The van der Waals surface area contributed by atoms with E-state index in [4.69, 9.17) is 9.47 Å². The predicted molar refractivity (Wildman–Crippen MR) is 120 cm³/mol. The number of halogens is 1. The maximum atomic E-state index is 14.5. The summed E-state index contributed by atoms with van der Waals surface area (Å²) in [5.41, 5.74) is 0.716. The minimum Gasteiger partial charge on any atom is -0.449 e. The highest BCUT2D eigenvalue weighted by Gasteiger charge is 2.43. The first kappa shape index (κ1) is 21.6. The molecule has 0 bridgehead atoms. The molecule has 1 fully saturated rings. The molecule has 0 unspecified atom stereocenters. The Kier molecular flexibility index (Phi) is 5.04. The van der Waals surface area contributed by atoms with Crippen molar-refractivity contribution in [1.29, 1.82) is 0 Å². The molecule has 0 saturated carbocycles. The van der Waals surface area contributed by atoms with Crippen molar-refractivity contribution in [2.24, 2.45) is 0 Å². The first-order valence-electron chi connectivity index (χ1n) is 10.7. The van der Waals surface area contributed by atoms with Crippen molar-refractivity contribution in [3.63, 3.8) is 0 Å². The van der Waals surface area contributed by atoms with E-state index in [9.17, 15) is 4.39 Å². The van der Waals surface area contributed by atoms with Crippen molar-refractivity contribution in [3.8, 4) is 11.5 Å². The normalized spacial score (nSPS) is 21.7. The molecule has 0 spiro atoms. The van der Waals surface area contributed by atoms with E-state index in [0.29, 0.717) is 17.4 Å². The number of aromatic nitrogens is 2. The van der Waals surface area contributed by atoms with Crippen molar-refractivity contribution in [3.05, 3.63) is 30.2 Å². The lowest BCUT2D eigenvalue weighted by Gasteiger charge is -2.53. The summed E-state index contributed by atoms with van der Waals surface area (Å²) >= 11 is 0. The highest BCUT2D eigenvalue weighted by atomic mass is 19.1. The second kappa shape index (κ2) is 7.22. The van der Waals surface area contributed by atoms with Crippen molar-refractivity contribution in [2.75, 3.05) is 17.7 Å². The first-order valence-corrected chi connectivity index (χ1v) is 10.7. The molecule has 2 aliphatic rings. The molecule has 7 nitrogen and oxygen atoms in total. The summed E-state index contributed by atoms with van der Waals surface area (Å²) in [4.78, 5) is 10.9. The minimum absolute atomic E-state index is 0.00966. The van der Waals surface area contributed by atoms with Crippen LogP contribution in [0.15, 0.2) is 24.4 Å². The van der Waals surface area contributed by atoms with Crippen molar-refractivity contribution < 1.29 is 13.9 Å². The summed E-state index contributed by atoms with van der Waals surface area (Å²) in [5, 5.41) is 6.45. The van der Waals surface area contributed by atoms with Crippen molar-refractivity contribution in [2.45, 2.75) is 77.3 Å². The molecule has 1 aromatic carbocycles. The van der Waals surface area contributed by atoms with Crippen LogP contribution in [0.4, 0.5) is 21.8 Å². The number of likely N-dealkylation sites (tertiary alicyclic amines) is 1. The summed E-state index contributed by atoms with van der Waals surface area (Å²) in [5.74, 6) is 0.693. The van der Waals surface area contributed by atoms with E-state index >= 15 is 0 Å². The fraction of sp³-hybridized carbons (Fsp3) is 0.565. The van der Waals surface area contributed by atoms with E-state index in [1.54, 1.807) is 0 Å². The number of rotatable bonds is 4. The van der Waals surface area contributed by atoms with Gasteiger partial charge in [-0.1, -0.05) is 0 Å². The van der Waals surface area contributed by atoms with Crippen molar-refractivity contribution >= 4 is 17.5 Å². The van der Waals surface area contributed by atoms with Crippen LogP contribution in [-0.4, -0.2) is 44.8 Å². The van der Waals surface area contributed by atoms with Crippen LogP contribution in [0, 0.1) is 5.82 Å². The van der Waals surface area contributed by atoms with Crippen LogP contribution in [0.2, 0.25) is 0 Å². The molecule has 0 radical (unpaired) electrons. The van der Waals surface area contributed by atoms with Gasteiger partial charge < -0.3 is 20.1 Å². The number of benzene rings is 1. The highest BCUT2D eigenvalue weighted by Crippen LogP contribution is 2.41. The third-order valence-corrected chi connectivity index (χ3v) is 6.30. The average Bonchev–Trinajstić information content (AvgIpc) is 2.95. The van der Waals surface area contributed by atoms with Crippen LogP contribution >= 0.6 is 0 Å². The molecule has 2 N–H and O–H groups in total. The second-order valence-electron chi connectivity index (χ2n) is 10.2. The SMILES string of the molecule is CN1C(C)(C)CC(Nc2nc(Nc3ccc4c(c3)OC(C)(C)O4)ncc2F)CC1(C)C. The Morgan fingerprint density at radius 2 is 1.68 bits per heavy atom. The monoisotopic (exact) mass is 429 g/mol. The summed E-state index contributed by atoms with van der Waals surface area (Å²) < 4.78 is 26.0. The minimum atomic E-state index is -0.694. The van der Waals surface area contributed by atoms with Gasteiger partial charge in [-0.15, -0.1) is 0 Å². The Bertz CT molecular complexity index is 974. The van der Waals surface area contributed by atoms with Crippen LogP contribution in [0.25, 0.3) is 0 Å². The highest BCUT2D eigenvalue weighted by molar-refractivity contribution is 5.61. The van der Waals surface area contributed by atoms with E-state index in [1.807, 2.05) is 32.0 Å². The summed E-state index contributed by atoms with van der Waals surface area (Å²) in [6, 6.07) is 5.61. The maximum Gasteiger partial charge on any atom is 0.246 e. The number of fused-ring (bicyclic) bond motifs is 1. The average molecular weight is 430 g/mol. The molecule has 31 heavy (non-hydrogen) atoms. The summed E-state index contributed by atoms with van der Waals surface area (Å²) in [6.45, 7) is 12.6. The van der Waals surface area contributed by atoms with Gasteiger partial charge in [0, 0.05) is 42.7 Å². The molecule has 168 valence electrons. The van der Waals surface area contributed by atoms with E-state index in [1.165, 1.54) is 6.20 Å². The van der Waals surface area contributed by atoms with Gasteiger partial charge >= 0.3 is 0 Å². The van der Waals surface area contributed by atoms with E-state index in [0.717, 1.165) is 18.5 Å². The smallest absolute Gasteiger partial charge is 0.246 e. The van der Waals surface area contributed by atoms with Gasteiger partial charge in [0.2, 0.25) is 11.7 Å². The standard InChI is InChI=1S/C23H32FN5O2/c1-21(2)11-15(12-22(3,4)29(21)7)26-19-16(24)13-25-20(28-19)27-14-8-9-17-18(10-14)31-23(5,6)30-17/h8-10,13,15H,11-12H2,1-7H3,(H2,25,26,27,28).